The van der Waals surface area contributed by atoms with Crippen molar-refractivity contribution in [1.82, 2.24) is 14.8 Å². The minimum atomic E-state index is -3.81. The Morgan fingerprint density at radius 1 is 1.17 bits per heavy atom. The van der Waals surface area contributed by atoms with Crippen molar-refractivity contribution in [3.05, 3.63) is 64.5 Å². The first-order chi connectivity index (χ1) is 13.8. The quantitative estimate of drug-likeness (QED) is 0.488. The van der Waals surface area contributed by atoms with Crippen molar-refractivity contribution in [3.63, 3.8) is 0 Å². The van der Waals surface area contributed by atoms with Crippen LogP contribution in [0.1, 0.15) is 16.1 Å². The number of anilines is 1. The van der Waals surface area contributed by atoms with E-state index >= 15 is 0 Å². The average molecular weight is 446 g/mol. The molecule has 29 heavy (non-hydrogen) atoms. The third kappa shape index (κ3) is 4.12. The molecule has 3 aromatic heterocycles. The molecule has 0 aliphatic carbocycles. The smallest absolute Gasteiger partial charge is 0.256 e. The number of primary sulfonamides is 1. The number of aromatic nitrogens is 3. The molecule has 3 N–H and O–H groups in total. The Bertz CT molecular complexity index is 1270. The molecule has 148 valence electrons. The highest BCUT2D eigenvalue weighted by molar-refractivity contribution is 7.89. The first-order valence-corrected chi connectivity index (χ1v) is 11.6. The van der Waals surface area contributed by atoms with Crippen molar-refractivity contribution in [3.8, 4) is 15.7 Å². The normalized spacial score (nSPS) is 11.5. The number of sulfonamides is 1. The molecule has 0 aliphatic heterocycles. The molecule has 0 aliphatic rings. The summed E-state index contributed by atoms with van der Waals surface area (Å²) in [6.45, 7) is 1.82. The van der Waals surface area contributed by atoms with Crippen LogP contribution in [0, 0.1) is 6.92 Å². The minimum absolute atomic E-state index is 0.0566. The van der Waals surface area contributed by atoms with E-state index in [0.29, 0.717) is 16.5 Å². The summed E-state index contributed by atoms with van der Waals surface area (Å²) in [6, 6.07) is 11.1. The van der Waals surface area contributed by atoms with Crippen LogP contribution in [0.3, 0.4) is 0 Å². The highest BCUT2D eigenvalue weighted by Crippen LogP contribution is 2.29. The van der Waals surface area contributed by atoms with Crippen molar-refractivity contribution in [2.75, 3.05) is 5.32 Å². The van der Waals surface area contributed by atoms with Crippen LogP contribution in [-0.4, -0.2) is 29.1 Å². The number of nitrogens with two attached hydrogens (primary N) is 1. The van der Waals surface area contributed by atoms with Crippen LogP contribution >= 0.6 is 22.7 Å². The minimum Gasteiger partial charge on any atom is -0.306 e. The molecule has 0 radical (unpaired) electrons. The third-order valence-corrected chi connectivity index (χ3v) is 6.60. The number of thiazole rings is 1. The van der Waals surface area contributed by atoms with Crippen molar-refractivity contribution in [2.45, 2.75) is 11.8 Å². The fourth-order valence-corrected chi connectivity index (χ4v) is 4.68. The van der Waals surface area contributed by atoms with E-state index < -0.39 is 15.9 Å². The van der Waals surface area contributed by atoms with Crippen molar-refractivity contribution < 1.29 is 13.2 Å². The van der Waals surface area contributed by atoms with Gasteiger partial charge in [-0.15, -0.1) is 22.7 Å². The van der Waals surface area contributed by atoms with Crippen LogP contribution in [0.4, 0.5) is 5.82 Å². The second-order valence-electron chi connectivity index (χ2n) is 6.10. The summed E-state index contributed by atoms with van der Waals surface area (Å²) in [6.07, 6.45) is 0. The second kappa shape index (κ2) is 7.52. The predicted molar refractivity (Wildman–Crippen MR) is 113 cm³/mol. The number of aryl methyl sites for hydroxylation is 1. The van der Waals surface area contributed by atoms with Crippen LogP contribution in [0.15, 0.2) is 58.1 Å². The van der Waals surface area contributed by atoms with E-state index in [2.05, 4.69) is 15.4 Å². The van der Waals surface area contributed by atoms with Gasteiger partial charge in [0.15, 0.2) is 0 Å². The number of carbonyl (C=O) groups is 1. The van der Waals surface area contributed by atoms with E-state index in [-0.39, 0.29) is 4.90 Å². The summed E-state index contributed by atoms with van der Waals surface area (Å²) >= 11 is 3.02. The van der Waals surface area contributed by atoms with E-state index in [0.717, 1.165) is 16.3 Å². The van der Waals surface area contributed by atoms with Crippen molar-refractivity contribution in [1.29, 1.82) is 0 Å². The van der Waals surface area contributed by atoms with Gasteiger partial charge in [0, 0.05) is 17.0 Å². The van der Waals surface area contributed by atoms with Crippen LogP contribution < -0.4 is 10.5 Å². The highest BCUT2D eigenvalue weighted by atomic mass is 32.2. The Morgan fingerprint density at radius 3 is 2.59 bits per heavy atom. The van der Waals surface area contributed by atoms with Crippen LogP contribution in [0.2, 0.25) is 0 Å². The first kappa shape index (κ1) is 19.5. The first-order valence-electron chi connectivity index (χ1n) is 8.32. The summed E-state index contributed by atoms with van der Waals surface area (Å²) in [5.74, 6) is 0.0669. The molecule has 3 heterocycles. The number of carbonyl (C=O) groups excluding carboxylic acids is 1. The van der Waals surface area contributed by atoms with E-state index in [1.807, 2.05) is 29.8 Å². The number of thiophene rings is 1. The van der Waals surface area contributed by atoms with E-state index in [1.54, 1.807) is 22.1 Å². The largest absolute Gasteiger partial charge is 0.306 e. The number of benzene rings is 1. The van der Waals surface area contributed by atoms with Gasteiger partial charge in [0.2, 0.25) is 15.2 Å². The maximum absolute atomic E-state index is 12.6. The second-order valence-corrected chi connectivity index (χ2v) is 9.44. The Labute approximate surface area is 174 Å². The van der Waals surface area contributed by atoms with E-state index in [4.69, 9.17) is 5.14 Å². The summed E-state index contributed by atoms with van der Waals surface area (Å²) in [4.78, 5) is 18.2. The summed E-state index contributed by atoms with van der Waals surface area (Å²) in [5, 5.41) is 16.9. The topological polar surface area (TPSA) is 120 Å². The average Bonchev–Trinajstić information content (AvgIpc) is 3.41. The lowest BCUT2D eigenvalue weighted by Crippen LogP contribution is -2.16. The SMILES string of the molecule is Cc1cc(NC(=O)c2ccc(S(N)(=O)=O)cc2)n(-c2nc(-c3cccs3)cs2)n1. The Balaban J connectivity index is 1.60. The lowest BCUT2D eigenvalue weighted by atomic mass is 10.2. The van der Waals surface area contributed by atoms with Crippen LogP contribution in [-0.2, 0) is 10.0 Å². The van der Waals surface area contributed by atoms with E-state index in [9.17, 15) is 13.2 Å². The standard InChI is InChI=1S/C18H15N5O3S3/c1-11-9-16(21-17(24)12-4-6-13(7-5-12)29(19,25)26)23(22-11)18-20-14(10-28-18)15-3-2-8-27-15/h2-10H,1H3,(H,21,24)(H2,19,25,26). The van der Waals surface area contributed by atoms with E-state index in [1.165, 1.54) is 35.6 Å². The molecule has 1 amide bonds. The Hall–Kier alpha value is -2.86. The molecular weight excluding hydrogens is 430 g/mol. The Morgan fingerprint density at radius 2 is 1.93 bits per heavy atom. The van der Waals surface area contributed by atoms with Gasteiger partial charge >= 0.3 is 0 Å². The number of rotatable bonds is 5. The molecule has 0 fully saturated rings. The molecule has 0 atom stereocenters. The third-order valence-electron chi connectivity index (χ3n) is 3.97. The molecule has 4 aromatic rings. The molecule has 11 heteroatoms. The monoisotopic (exact) mass is 445 g/mol. The van der Waals surface area contributed by atoms with Crippen LogP contribution in [0.25, 0.3) is 15.7 Å². The fourth-order valence-electron chi connectivity index (χ4n) is 2.62. The molecule has 0 bridgehead atoms. The van der Waals surface area contributed by atoms with Crippen LogP contribution in [0.5, 0.6) is 0 Å². The summed E-state index contributed by atoms with van der Waals surface area (Å²) in [5.41, 5.74) is 1.86. The molecule has 8 nitrogen and oxygen atoms in total. The van der Waals surface area contributed by atoms with Gasteiger partial charge in [0.1, 0.15) is 5.82 Å². The molecule has 4 rings (SSSR count). The molecule has 0 saturated carbocycles. The summed E-state index contributed by atoms with van der Waals surface area (Å²) < 4.78 is 24.3. The van der Waals surface area contributed by atoms with Gasteiger partial charge in [-0.3, -0.25) is 4.79 Å². The number of nitrogens with one attached hydrogen (secondary N) is 1. The Kier molecular flexibility index (Phi) is 5.04. The van der Waals surface area contributed by atoms with Gasteiger partial charge in [-0.2, -0.15) is 9.78 Å². The number of hydrogen-bond donors (Lipinski definition) is 2. The van der Waals surface area contributed by atoms with Gasteiger partial charge in [-0.25, -0.2) is 18.5 Å². The molecule has 0 spiro atoms. The van der Waals surface area contributed by atoms with Gasteiger partial charge in [0.25, 0.3) is 5.91 Å². The highest BCUT2D eigenvalue weighted by Gasteiger charge is 2.16. The predicted octanol–water partition coefficient (Wildman–Crippen LogP) is 3.27. The fraction of sp³-hybridized carbons (Fsp3) is 0.0556. The van der Waals surface area contributed by atoms with Crippen molar-refractivity contribution in [2.24, 2.45) is 5.14 Å². The number of amides is 1. The number of nitrogens with zero attached hydrogens (tertiary/aromatic N) is 3. The summed E-state index contributed by atoms with van der Waals surface area (Å²) in [7, 11) is -3.81. The maximum atomic E-state index is 12.6. The maximum Gasteiger partial charge on any atom is 0.256 e. The lowest BCUT2D eigenvalue weighted by Gasteiger charge is -2.07. The number of hydrogen-bond acceptors (Lipinski definition) is 7. The van der Waals surface area contributed by atoms with Gasteiger partial charge < -0.3 is 5.32 Å². The lowest BCUT2D eigenvalue weighted by molar-refractivity contribution is 0.102. The molecule has 0 saturated heterocycles. The zero-order chi connectivity index (χ0) is 20.6. The zero-order valence-electron chi connectivity index (χ0n) is 15.1. The van der Waals surface area contributed by atoms with Gasteiger partial charge in [-0.1, -0.05) is 6.07 Å². The zero-order valence-corrected chi connectivity index (χ0v) is 17.5. The molecule has 1 aromatic carbocycles. The van der Waals surface area contributed by atoms with Gasteiger partial charge in [0.05, 0.1) is 21.2 Å². The molecular formula is C18H15N5O3S3. The molecule has 0 unspecified atom stereocenters. The van der Waals surface area contributed by atoms with Crippen molar-refractivity contribution >= 4 is 44.4 Å². The van der Waals surface area contributed by atoms with Gasteiger partial charge in [-0.05, 0) is 42.6 Å².